The number of likely N-dealkylation sites (N-methyl/N-ethyl adjacent to an activating group) is 1. The van der Waals surface area contributed by atoms with Gasteiger partial charge in [0.1, 0.15) is 0 Å². The van der Waals surface area contributed by atoms with E-state index < -0.39 is 0 Å². The molecular formula is C15H19N3O. The van der Waals surface area contributed by atoms with E-state index in [1.54, 1.807) is 24.3 Å². The topological polar surface area (TPSA) is 56.1 Å². The minimum absolute atomic E-state index is 0.0236. The number of rotatable bonds is 4. The molecular weight excluding hydrogens is 238 g/mol. The van der Waals surface area contributed by atoms with Crippen LogP contribution in [0.3, 0.4) is 0 Å². The minimum atomic E-state index is -0.156. The lowest BCUT2D eigenvalue weighted by Gasteiger charge is -2.37. The van der Waals surface area contributed by atoms with Crippen molar-refractivity contribution in [2.75, 3.05) is 12.4 Å². The number of nitriles is 1. The zero-order valence-corrected chi connectivity index (χ0v) is 11.4. The van der Waals surface area contributed by atoms with Crippen LogP contribution in [-0.4, -0.2) is 29.9 Å². The van der Waals surface area contributed by atoms with Crippen molar-refractivity contribution < 1.29 is 4.79 Å². The van der Waals surface area contributed by atoms with Crippen molar-refractivity contribution in [1.82, 2.24) is 4.90 Å². The zero-order valence-electron chi connectivity index (χ0n) is 11.4. The predicted molar refractivity (Wildman–Crippen MR) is 74.7 cm³/mol. The lowest BCUT2D eigenvalue weighted by Crippen LogP contribution is -2.47. The quantitative estimate of drug-likeness (QED) is 0.901. The average molecular weight is 257 g/mol. The molecule has 1 atom stereocenters. The fraction of sp³-hybridized carbons (Fsp3) is 0.467. The molecule has 100 valence electrons. The molecule has 2 rings (SSSR count). The summed E-state index contributed by atoms with van der Waals surface area (Å²) in [6.45, 7) is 1.92. The fourth-order valence-electron chi connectivity index (χ4n) is 2.21. The van der Waals surface area contributed by atoms with Gasteiger partial charge in [-0.05, 0) is 45.0 Å². The first-order valence-electron chi connectivity index (χ1n) is 6.65. The molecule has 1 aliphatic rings. The molecule has 0 bridgehead atoms. The first-order valence-corrected chi connectivity index (χ1v) is 6.65. The summed E-state index contributed by atoms with van der Waals surface area (Å²) in [4.78, 5) is 14.3. The van der Waals surface area contributed by atoms with E-state index >= 15 is 0 Å². The van der Waals surface area contributed by atoms with E-state index in [4.69, 9.17) is 5.26 Å². The first-order chi connectivity index (χ1) is 9.11. The van der Waals surface area contributed by atoms with E-state index in [1.807, 2.05) is 14.0 Å². The molecule has 0 radical (unpaired) electrons. The number of hydrogen-bond donors (Lipinski definition) is 1. The molecule has 0 aliphatic heterocycles. The molecule has 1 saturated carbocycles. The molecule has 0 spiro atoms. The molecule has 0 heterocycles. The Morgan fingerprint density at radius 2 is 2.26 bits per heavy atom. The van der Waals surface area contributed by atoms with Gasteiger partial charge in [-0.2, -0.15) is 5.26 Å². The number of anilines is 1. The molecule has 1 unspecified atom stereocenters. The van der Waals surface area contributed by atoms with Gasteiger partial charge in [0.05, 0.1) is 17.7 Å². The number of hydrogen-bond acceptors (Lipinski definition) is 3. The second-order valence-electron chi connectivity index (χ2n) is 5.11. The Bertz CT molecular complexity index is 502. The third-order valence-corrected chi connectivity index (χ3v) is 3.90. The molecule has 1 N–H and O–H groups in total. The van der Waals surface area contributed by atoms with E-state index in [0.29, 0.717) is 17.3 Å². The van der Waals surface area contributed by atoms with Crippen LogP contribution in [0.25, 0.3) is 0 Å². The van der Waals surface area contributed by atoms with Crippen molar-refractivity contribution >= 4 is 11.6 Å². The van der Waals surface area contributed by atoms with Gasteiger partial charge >= 0.3 is 0 Å². The smallest absolute Gasteiger partial charge is 0.241 e. The van der Waals surface area contributed by atoms with Crippen LogP contribution in [0.15, 0.2) is 24.3 Å². The summed E-state index contributed by atoms with van der Waals surface area (Å²) in [5.74, 6) is -0.0236. The van der Waals surface area contributed by atoms with Gasteiger partial charge < -0.3 is 5.32 Å². The highest BCUT2D eigenvalue weighted by atomic mass is 16.2. The summed E-state index contributed by atoms with van der Waals surface area (Å²) in [5.41, 5.74) is 1.23. The van der Waals surface area contributed by atoms with Crippen LogP contribution < -0.4 is 5.32 Å². The number of benzene rings is 1. The number of amides is 1. The molecule has 1 aromatic rings. The second kappa shape index (κ2) is 5.85. The van der Waals surface area contributed by atoms with Crippen LogP contribution in [0.2, 0.25) is 0 Å². The van der Waals surface area contributed by atoms with Gasteiger partial charge in [-0.1, -0.05) is 12.5 Å². The fourth-order valence-corrected chi connectivity index (χ4v) is 2.21. The van der Waals surface area contributed by atoms with Crippen LogP contribution in [0.1, 0.15) is 31.7 Å². The molecule has 0 saturated heterocycles. The Kier molecular flexibility index (Phi) is 4.18. The lowest BCUT2D eigenvalue weighted by atomic mass is 9.91. The monoisotopic (exact) mass is 257 g/mol. The summed E-state index contributed by atoms with van der Waals surface area (Å²) in [6, 6.07) is 9.43. The van der Waals surface area contributed by atoms with Crippen molar-refractivity contribution in [3.63, 3.8) is 0 Å². The highest BCUT2D eigenvalue weighted by Crippen LogP contribution is 2.25. The third kappa shape index (κ3) is 3.12. The van der Waals surface area contributed by atoms with Crippen molar-refractivity contribution in [3.05, 3.63) is 29.8 Å². The zero-order chi connectivity index (χ0) is 13.8. The van der Waals surface area contributed by atoms with Crippen molar-refractivity contribution in [1.29, 1.82) is 5.26 Å². The minimum Gasteiger partial charge on any atom is -0.325 e. The van der Waals surface area contributed by atoms with Crippen LogP contribution in [-0.2, 0) is 4.79 Å². The Morgan fingerprint density at radius 1 is 1.53 bits per heavy atom. The van der Waals surface area contributed by atoms with Gasteiger partial charge in [0.25, 0.3) is 0 Å². The number of carbonyl (C=O) groups is 1. The number of nitrogens with zero attached hydrogens (tertiary/aromatic N) is 2. The SMILES string of the molecule is CC(C(=O)Nc1cccc(C#N)c1)N(C)C1CCC1. The van der Waals surface area contributed by atoms with Crippen LogP contribution in [0, 0.1) is 11.3 Å². The van der Waals surface area contributed by atoms with Gasteiger partial charge in [-0.3, -0.25) is 9.69 Å². The van der Waals surface area contributed by atoms with E-state index in [2.05, 4.69) is 16.3 Å². The molecule has 1 aromatic carbocycles. The molecule has 19 heavy (non-hydrogen) atoms. The van der Waals surface area contributed by atoms with Crippen LogP contribution in [0.5, 0.6) is 0 Å². The van der Waals surface area contributed by atoms with E-state index in [9.17, 15) is 4.79 Å². The maximum Gasteiger partial charge on any atom is 0.241 e. The van der Waals surface area contributed by atoms with Gasteiger partial charge in [0, 0.05) is 11.7 Å². The second-order valence-corrected chi connectivity index (χ2v) is 5.11. The summed E-state index contributed by atoms with van der Waals surface area (Å²) < 4.78 is 0. The van der Waals surface area contributed by atoms with E-state index in [-0.39, 0.29) is 11.9 Å². The third-order valence-electron chi connectivity index (χ3n) is 3.90. The maximum absolute atomic E-state index is 12.2. The van der Waals surface area contributed by atoms with E-state index in [0.717, 1.165) is 0 Å². The van der Waals surface area contributed by atoms with Gasteiger partial charge in [-0.25, -0.2) is 0 Å². The van der Waals surface area contributed by atoms with Gasteiger partial charge in [0.15, 0.2) is 0 Å². The van der Waals surface area contributed by atoms with Crippen molar-refractivity contribution in [2.24, 2.45) is 0 Å². The highest BCUT2D eigenvalue weighted by molar-refractivity contribution is 5.94. The summed E-state index contributed by atoms with van der Waals surface area (Å²) >= 11 is 0. The normalized spacial score (nSPS) is 16.5. The molecule has 4 nitrogen and oxygen atoms in total. The van der Waals surface area contributed by atoms with Crippen molar-refractivity contribution in [2.45, 2.75) is 38.3 Å². The lowest BCUT2D eigenvalue weighted by molar-refractivity contribution is -0.121. The Labute approximate surface area is 114 Å². The highest BCUT2D eigenvalue weighted by Gasteiger charge is 2.28. The average Bonchev–Trinajstić information content (AvgIpc) is 2.35. The van der Waals surface area contributed by atoms with Crippen LogP contribution in [0.4, 0.5) is 5.69 Å². The van der Waals surface area contributed by atoms with E-state index in [1.165, 1.54) is 19.3 Å². The largest absolute Gasteiger partial charge is 0.325 e. The van der Waals surface area contributed by atoms with Gasteiger partial charge in [-0.15, -0.1) is 0 Å². The standard InChI is InChI=1S/C15H19N3O/c1-11(18(2)14-7-4-8-14)15(19)17-13-6-3-5-12(9-13)10-16/h3,5-6,9,11,14H,4,7-8H2,1-2H3,(H,17,19). The summed E-state index contributed by atoms with van der Waals surface area (Å²) in [5, 5.41) is 11.7. The van der Waals surface area contributed by atoms with Crippen molar-refractivity contribution in [3.8, 4) is 6.07 Å². The van der Waals surface area contributed by atoms with Crippen LogP contribution >= 0.6 is 0 Å². The predicted octanol–water partition coefficient (Wildman–Crippen LogP) is 2.37. The molecule has 1 amide bonds. The molecule has 0 aromatic heterocycles. The molecule has 1 aliphatic carbocycles. The number of nitrogens with one attached hydrogen (secondary N) is 1. The summed E-state index contributed by atoms with van der Waals surface area (Å²) in [6.07, 6.45) is 3.61. The molecule has 1 fully saturated rings. The molecule has 4 heteroatoms. The first kappa shape index (κ1) is 13.6. The Hall–Kier alpha value is -1.86. The summed E-state index contributed by atoms with van der Waals surface area (Å²) in [7, 11) is 2.00. The number of carbonyl (C=O) groups excluding carboxylic acids is 1. The Morgan fingerprint density at radius 3 is 2.84 bits per heavy atom. The Balaban J connectivity index is 1.97. The maximum atomic E-state index is 12.2. The van der Waals surface area contributed by atoms with Gasteiger partial charge in [0.2, 0.25) is 5.91 Å².